The molecule has 2 aromatic rings. The first-order chi connectivity index (χ1) is 10.1. The number of nitrogens with zero attached hydrogens (tertiary/aromatic N) is 1. The summed E-state index contributed by atoms with van der Waals surface area (Å²) in [6, 6.07) is 12.2. The highest BCUT2D eigenvalue weighted by atomic mass is 16.3. The third kappa shape index (κ3) is 2.87. The van der Waals surface area contributed by atoms with Crippen molar-refractivity contribution in [3.8, 4) is 0 Å². The molecule has 1 amide bonds. The van der Waals surface area contributed by atoms with Gasteiger partial charge in [0, 0.05) is 7.05 Å². The third-order valence-corrected chi connectivity index (χ3v) is 4.23. The van der Waals surface area contributed by atoms with Gasteiger partial charge in [-0.2, -0.15) is 0 Å². The molecule has 1 aliphatic carbocycles. The monoisotopic (exact) mass is 283 g/mol. The van der Waals surface area contributed by atoms with Crippen molar-refractivity contribution in [1.29, 1.82) is 0 Å². The van der Waals surface area contributed by atoms with Gasteiger partial charge in [-0.15, -0.1) is 0 Å². The van der Waals surface area contributed by atoms with Gasteiger partial charge in [-0.05, 0) is 49.4 Å². The summed E-state index contributed by atoms with van der Waals surface area (Å²) in [6.45, 7) is 2.45. The maximum absolute atomic E-state index is 12.8. The molecule has 1 atom stereocenters. The Labute approximate surface area is 125 Å². The molecule has 0 N–H and O–H groups in total. The highest BCUT2D eigenvalue weighted by molar-refractivity contribution is 5.84. The van der Waals surface area contributed by atoms with E-state index in [-0.39, 0.29) is 11.8 Å². The van der Waals surface area contributed by atoms with Gasteiger partial charge in [0.2, 0.25) is 5.91 Å². The number of hydrogen-bond acceptors (Lipinski definition) is 2. The number of rotatable bonds is 3. The van der Waals surface area contributed by atoms with Crippen LogP contribution in [-0.4, -0.2) is 17.9 Å². The summed E-state index contributed by atoms with van der Waals surface area (Å²) in [4.78, 5) is 14.5. The van der Waals surface area contributed by atoms with Gasteiger partial charge in [-0.1, -0.05) is 24.3 Å². The van der Waals surface area contributed by atoms with E-state index in [1.54, 1.807) is 4.90 Å². The van der Waals surface area contributed by atoms with Gasteiger partial charge in [0.05, 0.1) is 12.5 Å². The summed E-state index contributed by atoms with van der Waals surface area (Å²) in [5.74, 6) is 1.91. The fourth-order valence-electron chi connectivity index (χ4n) is 3.16. The van der Waals surface area contributed by atoms with Crippen molar-refractivity contribution in [2.45, 2.75) is 38.6 Å². The SMILES string of the molecule is Cc1ccc(CN(C)C(=O)C2CCCc3ccccc32)o1. The van der Waals surface area contributed by atoms with Crippen LogP contribution in [0, 0.1) is 6.92 Å². The molecule has 110 valence electrons. The predicted octanol–water partition coefficient (Wildman–Crippen LogP) is 3.67. The standard InChI is InChI=1S/C18H21NO2/c1-13-10-11-15(21-13)12-19(2)18(20)17-9-5-7-14-6-3-4-8-16(14)17/h3-4,6,8,10-11,17H,5,7,9,12H2,1-2H3. The molecule has 0 aliphatic heterocycles. The lowest BCUT2D eigenvalue weighted by Crippen LogP contribution is -2.32. The van der Waals surface area contributed by atoms with Crippen LogP contribution in [0.5, 0.6) is 0 Å². The lowest BCUT2D eigenvalue weighted by Gasteiger charge is -2.28. The third-order valence-electron chi connectivity index (χ3n) is 4.23. The van der Waals surface area contributed by atoms with Crippen molar-refractivity contribution in [2.75, 3.05) is 7.05 Å². The second-order valence-corrected chi connectivity index (χ2v) is 5.85. The normalized spacial score (nSPS) is 17.3. The van der Waals surface area contributed by atoms with Crippen LogP contribution in [0.4, 0.5) is 0 Å². The first-order valence-corrected chi connectivity index (χ1v) is 7.53. The zero-order valence-electron chi connectivity index (χ0n) is 12.6. The van der Waals surface area contributed by atoms with Gasteiger partial charge in [-0.3, -0.25) is 4.79 Å². The Morgan fingerprint density at radius 1 is 1.29 bits per heavy atom. The number of carbonyl (C=O) groups excluding carboxylic acids is 1. The van der Waals surface area contributed by atoms with Gasteiger partial charge >= 0.3 is 0 Å². The zero-order chi connectivity index (χ0) is 14.8. The molecule has 21 heavy (non-hydrogen) atoms. The van der Waals surface area contributed by atoms with Gasteiger partial charge in [0.25, 0.3) is 0 Å². The van der Waals surface area contributed by atoms with Crippen molar-refractivity contribution in [3.05, 3.63) is 59.0 Å². The number of fused-ring (bicyclic) bond motifs is 1. The Hall–Kier alpha value is -2.03. The summed E-state index contributed by atoms with van der Waals surface area (Å²) in [7, 11) is 1.86. The first kappa shape index (κ1) is 13.9. The molecule has 0 radical (unpaired) electrons. The van der Waals surface area contributed by atoms with Crippen molar-refractivity contribution in [3.63, 3.8) is 0 Å². The summed E-state index contributed by atoms with van der Waals surface area (Å²) in [6.07, 6.45) is 3.11. The molecule has 1 aliphatic rings. The van der Waals surface area contributed by atoms with Crippen LogP contribution >= 0.6 is 0 Å². The van der Waals surface area contributed by atoms with E-state index in [1.165, 1.54) is 11.1 Å². The number of benzene rings is 1. The maximum Gasteiger partial charge on any atom is 0.230 e. The van der Waals surface area contributed by atoms with E-state index in [2.05, 4.69) is 18.2 Å². The van der Waals surface area contributed by atoms with Crippen molar-refractivity contribution in [2.24, 2.45) is 0 Å². The number of aryl methyl sites for hydroxylation is 2. The highest BCUT2D eigenvalue weighted by Gasteiger charge is 2.28. The van der Waals surface area contributed by atoms with E-state index >= 15 is 0 Å². The summed E-state index contributed by atoms with van der Waals surface area (Å²) in [5, 5.41) is 0. The smallest absolute Gasteiger partial charge is 0.230 e. The predicted molar refractivity (Wildman–Crippen MR) is 82.0 cm³/mol. The lowest BCUT2D eigenvalue weighted by molar-refractivity contribution is -0.132. The number of hydrogen-bond donors (Lipinski definition) is 0. The van der Waals surface area contributed by atoms with Crippen LogP contribution in [0.3, 0.4) is 0 Å². The topological polar surface area (TPSA) is 33.5 Å². The van der Waals surface area contributed by atoms with Crippen molar-refractivity contribution in [1.82, 2.24) is 4.90 Å². The molecule has 0 fully saturated rings. The molecule has 3 heteroatoms. The van der Waals surface area contributed by atoms with E-state index in [0.29, 0.717) is 6.54 Å². The molecule has 1 unspecified atom stereocenters. The summed E-state index contributed by atoms with van der Waals surface area (Å²) < 4.78 is 5.57. The van der Waals surface area contributed by atoms with Gasteiger partial charge in [-0.25, -0.2) is 0 Å². The van der Waals surface area contributed by atoms with Crippen molar-refractivity contribution >= 4 is 5.91 Å². The molecule has 1 aromatic carbocycles. The Morgan fingerprint density at radius 2 is 2.10 bits per heavy atom. The minimum absolute atomic E-state index is 0.00370. The average Bonchev–Trinajstić information content (AvgIpc) is 2.91. The molecule has 0 saturated carbocycles. The Morgan fingerprint density at radius 3 is 2.86 bits per heavy atom. The maximum atomic E-state index is 12.8. The van der Waals surface area contributed by atoms with Crippen LogP contribution in [0.1, 0.15) is 41.4 Å². The van der Waals surface area contributed by atoms with Crippen LogP contribution in [0.2, 0.25) is 0 Å². The lowest BCUT2D eigenvalue weighted by atomic mass is 9.82. The van der Waals surface area contributed by atoms with Gasteiger partial charge < -0.3 is 9.32 Å². The highest BCUT2D eigenvalue weighted by Crippen LogP contribution is 2.32. The quantitative estimate of drug-likeness (QED) is 0.861. The number of amides is 1. The zero-order valence-corrected chi connectivity index (χ0v) is 12.6. The molecule has 0 bridgehead atoms. The molecule has 0 spiro atoms. The Balaban J connectivity index is 1.76. The van der Waals surface area contributed by atoms with Crippen LogP contribution in [0.15, 0.2) is 40.8 Å². The minimum atomic E-state index is -0.00370. The Bertz CT molecular complexity index is 644. The van der Waals surface area contributed by atoms with E-state index in [9.17, 15) is 4.79 Å². The molecule has 0 saturated heterocycles. The fourth-order valence-corrected chi connectivity index (χ4v) is 3.16. The molecular weight excluding hydrogens is 262 g/mol. The van der Waals surface area contributed by atoms with Crippen LogP contribution in [0.25, 0.3) is 0 Å². The Kier molecular flexibility index (Phi) is 3.82. The molecule has 1 heterocycles. The number of furan rings is 1. The number of likely N-dealkylation sites (N-methyl/N-ethyl adjacent to an activating group) is 1. The molecular formula is C18H21NO2. The fraction of sp³-hybridized carbons (Fsp3) is 0.389. The summed E-state index contributed by atoms with van der Waals surface area (Å²) in [5.41, 5.74) is 2.53. The van der Waals surface area contributed by atoms with E-state index in [1.807, 2.05) is 32.2 Å². The molecule has 3 rings (SSSR count). The van der Waals surface area contributed by atoms with Gasteiger partial charge in [0.1, 0.15) is 11.5 Å². The summed E-state index contributed by atoms with van der Waals surface area (Å²) >= 11 is 0. The van der Waals surface area contributed by atoms with E-state index in [4.69, 9.17) is 4.42 Å². The second kappa shape index (κ2) is 5.76. The van der Waals surface area contributed by atoms with Crippen LogP contribution < -0.4 is 0 Å². The van der Waals surface area contributed by atoms with E-state index < -0.39 is 0 Å². The average molecular weight is 283 g/mol. The second-order valence-electron chi connectivity index (χ2n) is 5.85. The van der Waals surface area contributed by atoms with Crippen LogP contribution in [-0.2, 0) is 17.8 Å². The largest absolute Gasteiger partial charge is 0.464 e. The molecule has 3 nitrogen and oxygen atoms in total. The first-order valence-electron chi connectivity index (χ1n) is 7.53. The van der Waals surface area contributed by atoms with Crippen molar-refractivity contribution < 1.29 is 9.21 Å². The minimum Gasteiger partial charge on any atom is -0.464 e. The van der Waals surface area contributed by atoms with Gasteiger partial charge in [0.15, 0.2) is 0 Å². The number of carbonyl (C=O) groups is 1. The molecule has 1 aromatic heterocycles. The van der Waals surface area contributed by atoms with E-state index in [0.717, 1.165) is 30.8 Å².